The molecule has 5 rings (SSSR count). The van der Waals surface area contributed by atoms with Crippen molar-refractivity contribution in [3.8, 4) is 0 Å². The minimum absolute atomic E-state index is 0.124. The summed E-state index contributed by atoms with van der Waals surface area (Å²) >= 11 is 0. The molecule has 0 radical (unpaired) electrons. The molecule has 9 nitrogen and oxygen atoms in total. The number of anilines is 1. The van der Waals surface area contributed by atoms with Gasteiger partial charge in [0.25, 0.3) is 0 Å². The van der Waals surface area contributed by atoms with E-state index in [1.54, 1.807) is 17.9 Å². The van der Waals surface area contributed by atoms with Crippen molar-refractivity contribution in [2.75, 3.05) is 50.8 Å². The van der Waals surface area contributed by atoms with Crippen molar-refractivity contribution >= 4 is 17.6 Å². The molecule has 0 aromatic carbocycles. The van der Waals surface area contributed by atoms with E-state index in [-0.39, 0.29) is 17.9 Å². The molecule has 28 heavy (non-hydrogen) atoms. The summed E-state index contributed by atoms with van der Waals surface area (Å²) in [7, 11) is 0. The van der Waals surface area contributed by atoms with Crippen molar-refractivity contribution in [1.29, 1.82) is 0 Å². The Kier molecular flexibility index (Phi) is 4.26. The first-order valence-corrected chi connectivity index (χ1v) is 9.77. The van der Waals surface area contributed by atoms with Crippen LogP contribution in [0.1, 0.15) is 5.76 Å². The molecule has 1 N–H and O–H groups in total. The summed E-state index contributed by atoms with van der Waals surface area (Å²) in [5.41, 5.74) is -0.749. The maximum absolute atomic E-state index is 13.1. The second-order valence-corrected chi connectivity index (χ2v) is 7.87. The van der Waals surface area contributed by atoms with Gasteiger partial charge in [0.1, 0.15) is 11.4 Å². The van der Waals surface area contributed by atoms with E-state index in [1.807, 2.05) is 12.2 Å². The lowest BCUT2D eigenvalue weighted by molar-refractivity contribution is -0.132. The van der Waals surface area contributed by atoms with Crippen LogP contribution in [0.25, 0.3) is 0 Å². The van der Waals surface area contributed by atoms with Gasteiger partial charge in [-0.1, -0.05) is 17.3 Å². The molecule has 0 aliphatic carbocycles. The molecule has 0 unspecified atom stereocenters. The van der Waals surface area contributed by atoms with Crippen molar-refractivity contribution in [2.24, 2.45) is 11.8 Å². The number of morpholine rings is 1. The van der Waals surface area contributed by atoms with Gasteiger partial charge in [0.15, 0.2) is 5.82 Å². The van der Waals surface area contributed by atoms with Crippen molar-refractivity contribution in [2.45, 2.75) is 18.6 Å². The number of aromatic nitrogens is 1. The largest absolute Gasteiger partial charge is 0.379 e. The SMILES string of the molecule is Cc1cc(N2C[C@@]34C=C[C@@H](O3)[C@H](C(=O)NCCN3CCOCC3)[C@@H]4C2=O)no1. The highest BCUT2D eigenvalue weighted by Gasteiger charge is 2.67. The van der Waals surface area contributed by atoms with Crippen LogP contribution in [0, 0.1) is 18.8 Å². The molecular formula is C19H24N4O5. The normalized spacial score (nSPS) is 34.2. The zero-order valence-electron chi connectivity index (χ0n) is 15.8. The molecule has 1 aromatic heterocycles. The van der Waals surface area contributed by atoms with E-state index >= 15 is 0 Å². The smallest absolute Gasteiger partial charge is 0.235 e. The van der Waals surface area contributed by atoms with Gasteiger partial charge in [-0.2, -0.15) is 0 Å². The van der Waals surface area contributed by atoms with Crippen molar-refractivity contribution in [3.05, 3.63) is 24.0 Å². The standard InChI is InChI=1S/C19H24N4O5/c1-12-10-14(21-28-12)23-11-19-3-2-13(27-19)15(16(19)18(23)25)17(24)20-4-5-22-6-8-26-9-7-22/h2-3,10,13,15-16H,4-9,11H2,1H3,(H,20,24)/t13-,15+,16-,19-/m1/s1. The molecule has 0 saturated carbocycles. The van der Waals surface area contributed by atoms with E-state index < -0.39 is 17.4 Å². The van der Waals surface area contributed by atoms with Gasteiger partial charge in [-0.3, -0.25) is 19.4 Å². The number of hydrogen-bond acceptors (Lipinski definition) is 7. The number of hydrogen-bond donors (Lipinski definition) is 1. The number of amides is 2. The van der Waals surface area contributed by atoms with Gasteiger partial charge in [-0.25, -0.2) is 0 Å². The summed E-state index contributed by atoms with van der Waals surface area (Å²) in [6.45, 7) is 6.68. The van der Waals surface area contributed by atoms with Crippen LogP contribution in [0.2, 0.25) is 0 Å². The van der Waals surface area contributed by atoms with Crippen LogP contribution < -0.4 is 10.2 Å². The van der Waals surface area contributed by atoms with Crippen molar-refractivity contribution < 1.29 is 23.6 Å². The molecular weight excluding hydrogens is 364 g/mol. The third-order valence-corrected chi connectivity index (χ3v) is 6.13. The van der Waals surface area contributed by atoms with Gasteiger partial charge in [-0.05, 0) is 6.92 Å². The molecule has 2 bridgehead atoms. The van der Waals surface area contributed by atoms with Crippen LogP contribution in [0.4, 0.5) is 5.82 Å². The fraction of sp³-hybridized carbons (Fsp3) is 0.632. The van der Waals surface area contributed by atoms with Gasteiger partial charge in [0, 0.05) is 32.2 Å². The Bertz CT molecular complexity index is 817. The lowest BCUT2D eigenvalue weighted by atomic mass is 9.77. The molecule has 3 saturated heterocycles. The lowest BCUT2D eigenvalue weighted by Crippen LogP contribution is -2.46. The number of nitrogens with zero attached hydrogens (tertiary/aromatic N) is 3. The molecule has 2 amide bonds. The Balaban J connectivity index is 1.27. The maximum Gasteiger partial charge on any atom is 0.235 e. The van der Waals surface area contributed by atoms with Gasteiger partial charge in [-0.15, -0.1) is 0 Å². The molecule has 4 aliphatic heterocycles. The second kappa shape index (κ2) is 6.68. The molecule has 9 heteroatoms. The first kappa shape index (κ1) is 17.8. The van der Waals surface area contributed by atoms with Crippen LogP contribution in [-0.4, -0.2) is 79.5 Å². The molecule has 150 valence electrons. The monoisotopic (exact) mass is 388 g/mol. The number of aryl methyl sites for hydroxylation is 1. The maximum atomic E-state index is 13.1. The van der Waals surface area contributed by atoms with E-state index in [9.17, 15) is 9.59 Å². The van der Waals surface area contributed by atoms with E-state index in [2.05, 4.69) is 15.4 Å². The third-order valence-electron chi connectivity index (χ3n) is 6.13. The highest BCUT2D eigenvalue weighted by atomic mass is 16.5. The molecule has 5 heterocycles. The second-order valence-electron chi connectivity index (χ2n) is 7.87. The van der Waals surface area contributed by atoms with Gasteiger partial charge in [0.05, 0.1) is 37.7 Å². The lowest BCUT2D eigenvalue weighted by Gasteiger charge is -2.27. The first-order chi connectivity index (χ1) is 13.6. The highest BCUT2D eigenvalue weighted by molar-refractivity contribution is 6.02. The highest BCUT2D eigenvalue weighted by Crippen LogP contribution is 2.52. The summed E-state index contributed by atoms with van der Waals surface area (Å²) in [5.74, 6) is -0.189. The van der Waals surface area contributed by atoms with Crippen LogP contribution in [-0.2, 0) is 19.1 Å². The third kappa shape index (κ3) is 2.76. The topological polar surface area (TPSA) is 97.1 Å². The summed E-state index contributed by atoms with van der Waals surface area (Å²) < 4.78 is 16.6. The van der Waals surface area contributed by atoms with Gasteiger partial charge in [0.2, 0.25) is 11.8 Å². The zero-order chi connectivity index (χ0) is 19.3. The predicted molar refractivity (Wildman–Crippen MR) is 97.6 cm³/mol. The molecule has 1 aromatic rings. The average Bonchev–Trinajstić information content (AvgIpc) is 3.44. The number of carbonyl (C=O) groups excluding carboxylic acids is 2. The summed E-state index contributed by atoms with van der Waals surface area (Å²) in [6, 6.07) is 1.73. The van der Waals surface area contributed by atoms with Crippen LogP contribution in [0.3, 0.4) is 0 Å². The van der Waals surface area contributed by atoms with Crippen molar-refractivity contribution in [1.82, 2.24) is 15.4 Å². The fourth-order valence-corrected chi connectivity index (χ4v) is 4.75. The number of carbonyl (C=O) groups is 2. The Morgan fingerprint density at radius 2 is 2.21 bits per heavy atom. The minimum atomic E-state index is -0.749. The Morgan fingerprint density at radius 3 is 2.96 bits per heavy atom. The Hall–Kier alpha value is -2.23. The number of fused-ring (bicyclic) bond motifs is 1. The Labute approximate surface area is 162 Å². The summed E-state index contributed by atoms with van der Waals surface area (Å²) in [4.78, 5) is 29.9. The number of rotatable bonds is 5. The van der Waals surface area contributed by atoms with E-state index in [4.69, 9.17) is 14.0 Å². The van der Waals surface area contributed by atoms with Crippen LogP contribution in [0.15, 0.2) is 22.7 Å². The quantitative estimate of drug-likeness (QED) is 0.693. The van der Waals surface area contributed by atoms with E-state index in [0.717, 1.165) is 32.8 Å². The van der Waals surface area contributed by atoms with Gasteiger partial charge >= 0.3 is 0 Å². The first-order valence-electron chi connectivity index (χ1n) is 9.77. The molecule has 3 fully saturated rings. The van der Waals surface area contributed by atoms with E-state index in [1.165, 1.54) is 0 Å². The fourth-order valence-electron chi connectivity index (χ4n) is 4.75. The predicted octanol–water partition coefficient (Wildman–Crippen LogP) is -0.282. The molecule has 4 atom stereocenters. The van der Waals surface area contributed by atoms with Gasteiger partial charge < -0.3 is 19.3 Å². The minimum Gasteiger partial charge on any atom is -0.379 e. The molecule has 1 spiro atoms. The van der Waals surface area contributed by atoms with Crippen LogP contribution >= 0.6 is 0 Å². The molecule has 4 aliphatic rings. The van der Waals surface area contributed by atoms with Crippen molar-refractivity contribution in [3.63, 3.8) is 0 Å². The Morgan fingerprint density at radius 1 is 1.39 bits per heavy atom. The summed E-state index contributed by atoms with van der Waals surface area (Å²) in [6.07, 6.45) is 3.50. The summed E-state index contributed by atoms with van der Waals surface area (Å²) in [5, 5.41) is 6.97. The zero-order valence-corrected chi connectivity index (χ0v) is 15.8. The average molecular weight is 388 g/mol. The number of ether oxygens (including phenoxy) is 2. The van der Waals surface area contributed by atoms with Crippen LogP contribution in [0.5, 0.6) is 0 Å². The number of nitrogens with one attached hydrogen (secondary N) is 1. The van der Waals surface area contributed by atoms with E-state index in [0.29, 0.717) is 24.7 Å².